The van der Waals surface area contributed by atoms with Crippen LogP contribution in [0.4, 0.5) is 0 Å². The van der Waals surface area contributed by atoms with Crippen LogP contribution in [0.2, 0.25) is 0 Å². The largest absolute Gasteiger partial charge is 0.494 e. The summed E-state index contributed by atoms with van der Waals surface area (Å²) >= 11 is 1.77. The molecule has 3 heteroatoms. The normalized spacial score (nSPS) is 10.3. The van der Waals surface area contributed by atoms with Gasteiger partial charge in [-0.25, -0.2) is 0 Å². The van der Waals surface area contributed by atoms with Gasteiger partial charge in [0.25, 0.3) is 0 Å². The van der Waals surface area contributed by atoms with Crippen molar-refractivity contribution in [3.05, 3.63) is 59.7 Å². The number of ether oxygens (including phenoxy) is 1. The molecule has 2 aromatic carbocycles. The van der Waals surface area contributed by atoms with E-state index in [-0.39, 0.29) is 5.78 Å². The van der Waals surface area contributed by atoms with Crippen molar-refractivity contribution in [2.24, 2.45) is 0 Å². The minimum Gasteiger partial charge on any atom is -0.494 e. The van der Waals surface area contributed by atoms with Crippen LogP contribution >= 0.6 is 11.8 Å². The Balaban J connectivity index is 2.19. The summed E-state index contributed by atoms with van der Waals surface area (Å²) in [6, 6.07) is 15.1. The van der Waals surface area contributed by atoms with Crippen molar-refractivity contribution in [1.29, 1.82) is 0 Å². The third kappa shape index (κ3) is 3.64. The topological polar surface area (TPSA) is 26.3 Å². The van der Waals surface area contributed by atoms with Gasteiger partial charge >= 0.3 is 0 Å². The van der Waals surface area contributed by atoms with E-state index in [1.165, 1.54) is 4.90 Å². The predicted octanol–water partition coefficient (Wildman–Crippen LogP) is 4.43. The summed E-state index contributed by atoms with van der Waals surface area (Å²) in [4.78, 5) is 13.6. The second-order valence-corrected chi connectivity index (χ2v) is 5.58. The Bertz CT molecular complexity index is 576. The third-order valence-corrected chi connectivity index (χ3v) is 3.73. The van der Waals surface area contributed by atoms with Crippen molar-refractivity contribution in [3.8, 4) is 5.75 Å². The van der Waals surface area contributed by atoms with Crippen molar-refractivity contribution >= 4 is 17.5 Å². The molecule has 0 amide bonds. The van der Waals surface area contributed by atoms with E-state index >= 15 is 0 Å². The molecule has 0 atom stereocenters. The van der Waals surface area contributed by atoms with Gasteiger partial charge < -0.3 is 4.74 Å². The maximum absolute atomic E-state index is 12.4. The highest BCUT2D eigenvalue weighted by Gasteiger charge is 2.09. The molecule has 0 heterocycles. The molecule has 104 valence electrons. The molecule has 0 bridgehead atoms. The molecule has 0 saturated carbocycles. The quantitative estimate of drug-likeness (QED) is 0.580. The first-order chi connectivity index (χ1) is 9.74. The zero-order chi connectivity index (χ0) is 14.4. The van der Waals surface area contributed by atoms with E-state index in [1.807, 2.05) is 49.4 Å². The van der Waals surface area contributed by atoms with Crippen molar-refractivity contribution in [3.63, 3.8) is 0 Å². The van der Waals surface area contributed by atoms with Crippen LogP contribution in [0.25, 0.3) is 0 Å². The van der Waals surface area contributed by atoms with E-state index in [2.05, 4.69) is 6.92 Å². The summed E-state index contributed by atoms with van der Waals surface area (Å²) in [6.45, 7) is 4.64. The summed E-state index contributed by atoms with van der Waals surface area (Å²) in [5.41, 5.74) is 1.37. The highest BCUT2D eigenvalue weighted by Crippen LogP contribution is 2.20. The van der Waals surface area contributed by atoms with Crippen LogP contribution in [0, 0.1) is 0 Å². The average Bonchev–Trinajstić information content (AvgIpc) is 2.48. The number of thioether (sulfide) groups is 1. The molecular formula is C17H18O2S. The Labute approximate surface area is 124 Å². The molecule has 0 N–H and O–H groups in total. The lowest BCUT2D eigenvalue weighted by Crippen LogP contribution is -2.02. The molecule has 2 rings (SSSR count). The summed E-state index contributed by atoms with van der Waals surface area (Å²) in [7, 11) is 0. The van der Waals surface area contributed by atoms with Crippen LogP contribution < -0.4 is 4.74 Å². The van der Waals surface area contributed by atoms with Gasteiger partial charge in [0.2, 0.25) is 0 Å². The molecule has 2 aromatic rings. The van der Waals surface area contributed by atoms with E-state index in [4.69, 9.17) is 4.74 Å². The molecule has 0 saturated heterocycles. The fourth-order valence-corrected chi connectivity index (χ4v) is 2.59. The van der Waals surface area contributed by atoms with Crippen LogP contribution in [-0.4, -0.2) is 18.1 Å². The highest BCUT2D eigenvalue weighted by molar-refractivity contribution is 7.99. The van der Waals surface area contributed by atoms with E-state index in [1.54, 1.807) is 17.8 Å². The molecule has 2 nitrogen and oxygen atoms in total. The number of carbonyl (C=O) groups is 1. The van der Waals surface area contributed by atoms with Gasteiger partial charge in [0.1, 0.15) is 5.75 Å². The molecule has 20 heavy (non-hydrogen) atoms. The Morgan fingerprint density at radius 3 is 2.45 bits per heavy atom. The Morgan fingerprint density at radius 1 is 1.05 bits per heavy atom. The van der Waals surface area contributed by atoms with Crippen molar-refractivity contribution in [2.45, 2.75) is 18.7 Å². The third-order valence-electron chi connectivity index (χ3n) is 2.83. The summed E-state index contributed by atoms with van der Waals surface area (Å²) in [6.07, 6.45) is 0. The molecule has 0 aliphatic heterocycles. The number of rotatable bonds is 6. The number of ketones is 1. The summed E-state index contributed by atoms with van der Waals surface area (Å²) < 4.78 is 5.43. The minimum absolute atomic E-state index is 0.0274. The van der Waals surface area contributed by atoms with Crippen LogP contribution in [0.3, 0.4) is 0 Å². The van der Waals surface area contributed by atoms with Crippen LogP contribution in [-0.2, 0) is 0 Å². The standard InChI is InChI=1S/C17H18O2S/c1-3-19-15-7-5-6-14(12-15)17(18)13-8-10-16(11-9-13)20-4-2/h5-12H,3-4H2,1-2H3. The van der Waals surface area contributed by atoms with E-state index in [0.29, 0.717) is 17.7 Å². The first-order valence-electron chi connectivity index (χ1n) is 6.75. The number of benzene rings is 2. The molecule has 0 aliphatic rings. The maximum atomic E-state index is 12.4. The molecule has 0 aromatic heterocycles. The van der Waals surface area contributed by atoms with Gasteiger partial charge in [-0.05, 0) is 49.1 Å². The second kappa shape index (κ2) is 7.15. The van der Waals surface area contributed by atoms with E-state index < -0.39 is 0 Å². The fourth-order valence-electron chi connectivity index (χ4n) is 1.93. The predicted molar refractivity (Wildman–Crippen MR) is 83.9 cm³/mol. The Kier molecular flexibility index (Phi) is 5.24. The molecular weight excluding hydrogens is 268 g/mol. The van der Waals surface area contributed by atoms with Gasteiger partial charge in [0.15, 0.2) is 5.78 Å². The zero-order valence-electron chi connectivity index (χ0n) is 11.8. The van der Waals surface area contributed by atoms with Gasteiger partial charge in [-0.2, -0.15) is 0 Å². The monoisotopic (exact) mass is 286 g/mol. The van der Waals surface area contributed by atoms with Crippen molar-refractivity contribution in [2.75, 3.05) is 12.4 Å². The molecule has 0 fully saturated rings. The van der Waals surface area contributed by atoms with Gasteiger partial charge in [0.05, 0.1) is 6.61 Å². The van der Waals surface area contributed by atoms with Gasteiger partial charge in [-0.3, -0.25) is 4.79 Å². The van der Waals surface area contributed by atoms with Gasteiger partial charge in [-0.15, -0.1) is 11.8 Å². The number of hydrogen-bond donors (Lipinski definition) is 0. The Hall–Kier alpha value is -1.74. The minimum atomic E-state index is 0.0274. The number of carbonyl (C=O) groups excluding carboxylic acids is 1. The lowest BCUT2D eigenvalue weighted by Gasteiger charge is -2.06. The van der Waals surface area contributed by atoms with Crippen molar-refractivity contribution in [1.82, 2.24) is 0 Å². The summed E-state index contributed by atoms with van der Waals surface area (Å²) in [5, 5.41) is 0. The highest BCUT2D eigenvalue weighted by atomic mass is 32.2. The number of hydrogen-bond acceptors (Lipinski definition) is 3. The fraction of sp³-hybridized carbons (Fsp3) is 0.235. The smallest absolute Gasteiger partial charge is 0.193 e. The average molecular weight is 286 g/mol. The second-order valence-electron chi connectivity index (χ2n) is 4.25. The molecule has 0 spiro atoms. The Morgan fingerprint density at radius 2 is 1.80 bits per heavy atom. The van der Waals surface area contributed by atoms with Crippen molar-refractivity contribution < 1.29 is 9.53 Å². The van der Waals surface area contributed by atoms with Crippen LogP contribution in [0.1, 0.15) is 29.8 Å². The van der Waals surface area contributed by atoms with Gasteiger partial charge in [0, 0.05) is 16.0 Å². The van der Waals surface area contributed by atoms with Crippen LogP contribution in [0.15, 0.2) is 53.4 Å². The van der Waals surface area contributed by atoms with E-state index in [0.717, 1.165) is 11.5 Å². The summed E-state index contributed by atoms with van der Waals surface area (Å²) in [5.74, 6) is 1.79. The zero-order valence-corrected chi connectivity index (χ0v) is 12.6. The van der Waals surface area contributed by atoms with Gasteiger partial charge in [-0.1, -0.05) is 19.1 Å². The molecule has 0 radical (unpaired) electrons. The first-order valence-corrected chi connectivity index (χ1v) is 7.73. The lowest BCUT2D eigenvalue weighted by molar-refractivity contribution is 0.103. The molecule has 0 unspecified atom stereocenters. The van der Waals surface area contributed by atoms with E-state index in [9.17, 15) is 4.79 Å². The first kappa shape index (κ1) is 14.7. The van der Waals surface area contributed by atoms with Crippen LogP contribution in [0.5, 0.6) is 5.75 Å². The molecule has 0 aliphatic carbocycles. The SMILES string of the molecule is CCOc1cccc(C(=O)c2ccc(SCC)cc2)c1. The maximum Gasteiger partial charge on any atom is 0.193 e. The lowest BCUT2D eigenvalue weighted by atomic mass is 10.0.